The zero-order valence-corrected chi connectivity index (χ0v) is 10.4. The zero-order valence-electron chi connectivity index (χ0n) is 9.59. The van der Waals surface area contributed by atoms with Crippen molar-refractivity contribution in [3.05, 3.63) is 40.7 Å². The lowest BCUT2D eigenvalue weighted by molar-refractivity contribution is 0.186. The van der Waals surface area contributed by atoms with Gasteiger partial charge in [0.05, 0.1) is 6.61 Å². The van der Waals surface area contributed by atoms with Crippen molar-refractivity contribution in [3.63, 3.8) is 0 Å². The summed E-state index contributed by atoms with van der Waals surface area (Å²) in [6.45, 7) is 1.33. The van der Waals surface area contributed by atoms with E-state index in [0.717, 1.165) is 11.4 Å². The van der Waals surface area contributed by atoms with Crippen molar-refractivity contribution < 1.29 is 4.74 Å². The van der Waals surface area contributed by atoms with Gasteiger partial charge in [0.2, 0.25) is 0 Å². The fourth-order valence-corrected chi connectivity index (χ4v) is 1.83. The van der Waals surface area contributed by atoms with Gasteiger partial charge >= 0.3 is 0 Å². The van der Waals surface area contributed by atoms with E-state index in [9.17, 15) is 0 Å². The Morgan fingerprint density at radius 2 is 2.41 bits per heavy atom. The van der Waals surface area contributed by atoms with E-state index in [1.165, 1.54) is 0 Å². The third kappa shape index (κ3) is 2.98. The second kappa shape index (κ2) is 5.70. The number of aromatic amines is 1. The Labute approximate surface area is 104 Å². The molecule has 0 aliphatic carbocycles. The second-order valence-electron chi connectivity index (χ2n) is 3.63. The summed E-state index contributed by atoms with van der Waals surface area (Å²) in [6, 6.07) is 3.93. The molecule has 0 atom stereocenters. The molecular formula is C11H14N4OS. The number of ether oxygens (including phenoxy) is 1. The summed E-state index contributed by atoms with van der Waals surface area (Å²) >= 11 is 5.18. The van der Waals surface area contributed by atoms with Crippen LogP contribution in [0.25, 0.3) is 0 Å². The zero-order chi connectivity index (χ0) is 12.1. The maximum absolute atomic E-state index is 5.18. The molecule has 0 saturated heterocycles. The van der Waals surface area contributed by atoms with Crippen LogP contribution < -0.4 is 0 Å². The van der Waals surface area contributed by atoms with E-state index in [1.54, 1.807) is 13.3 Å². The first-order chi connectivity index (χ1) is 8.31. The van der Waals surface area contributed by atoms with E-state index < -0.39 is 0 Å². The fourth-order valence-electron chi connectivity index (χ4n) is 1.58. The molecule has 0 radical (unpaired) electrons. The molecule has 0 spiro atoms. The van der Waals surface area contributed by atoms with Gasteiger partial charge < -0.3 is 9.30 Å². The van der Waals surface area contributed by atoms with Crippen LogP contribution in [0, 0.1) is 4.77 Å². The van der Waals surface area contributed by atoms with Gasteiger partial charge in [-0.05, 0) is 23.8 Å². The first-order valence-electron chi connectivity index (χ1n) is 5.33. The number of rotatable bonds is 5. The van der Waals surface area contributed by atoms with Gasteiger partial charge in [-0.15, -0.1) is 0 Å². The fraction of sp³-hybridized carbons (Fsp3) is 0.364. The Bertz CT molecular complexity index is 520. The molecular weight excluding hydrogens is 236 g/mol. The van der Waals surface area contributed by atoms with Crippen LogP contribution in [0.3, 0.4) is 0 Å². The molecule has 0 aliphatic rings. The molecule has 5 nitrogen and oxygen atoms in total. The van der Waals surface area contributed by atoms with E-state index in [-0.39, 0.29) is 0 Å². The molecule has 0 unspecified atom stereocenters. The number of nitrogens with one attached hydrogen (secondary N) is 1. The Morgan fingerprint density at radius 1 is 1.53 bits per heavy atom. The van der Waals surface area contributed by atoms with E-state index in [1.807, 2.05) is 22.9 Å². The van der Waals surface area contributed by atoms with Crippen LogP contribution >= 0.6 is 12.2 Å². The molecule has 1 N–H and O–H groups in total. The molecule has 2 heterocycles. The predicted molar refractivity (Wildman–Crippen MR) is 66.3 cm³/mol. The molecule has 2 rings (SSSR count). The quantitative estimate of drug-likeness (QED) is 0.818. The van der Waals surface area contributed by atoms with Gasteiger partial charge in [0, 0.05) is 32.5 Å². The first-order valence-corrected chi connectivity index (χ1v) is 5.74. The SMILES string of the molecule is COCCn1c(Cc2cccnc2)n[nH]c1=S. The number of hydrogen-bond donors (Lipinski definition) is 1. The standard InChI is InChI=1S/C11H14N4OS/c1-16-6-5-15-10(13-14-11(15)17)7-9-3-2-4-12-8-9/h2-4,8H,5-7H2,1H3,(H,14,17). The lowest BCUT2D eigenvalue weighted by atomic mass is 10.2. The van der Waals surface area contributed by atoms with Gasteiger partial charge in [0.15, 0.2) is 4.77 Å². The van der Waals surface area contributed by atoms with Gasteiger partial charge in [-0.3, -0.25) is 10.1 Å². The monoisotopic (exact) mass is 250 g/mol. The second-order valence-corrected chi connectivity index (χ2v) is 4.01. The molecule has 0 amide bonds. The van der Waals surface area contributed by atoms with Crippen LogP contribution in [-0.2, 0) is 17.7 Å². The molecule has 6 heteroatoms. The van der Waals surface area contributed by atoms with Crippen LogP contribution in [0.5, 0.6) is 0 Å². The lowest BCUT2D eigenvalue weighted by Crippen LogP contribution is -2.09. The van der Waals surface area contributed by atoms with Gasteiger partial charge in [-0.1, -0.05) is 6.07 Å². The van der Waals surface area contributed by atoms with Crippen molar-refractivity contribution in [2.75, 3.05) is 13.7 Å². The maximum Gasteiger partial charge on any atom is 0.195 e. The Balaban J connectivity index is 2.18. The van der Waals surface area contributed by atoms with E-state index in [0.29, 0.717) is 24.3 Å². The normalized spacial score (nSPS) is 10.6. The Hall–Kier alpha value is -1.53. The highest BCUT2D eigenvalue weighted by Gasteiger charge is 2.06. The number of hydrogen-bond acceptors (Lipinski definition) is 4. The molecule has 0 bridgehead atoms. The minimum absolute atomic E-state index is 0.619. The van der Waals surface area contributed by atoms with Crippen molar-refractivity contribution in [1.29, 1.82) is 0 Å². The molecule has 2 aromatic rings. The smallest absolute Gasteiger partial charge is 0.195 e. The minimum Gasteiger partial charge on any atom is -0.383 e. The summed E-state index contributed by atoms with van der Waals surface area (Å²) in [6.07, 6.45) is 4.30. The Kier molecular flexibility index (Phi) is 4.00. The largest absolute Gasteiger partial charge is 0.383 e. The Morgan fingerprint density at radius 3 is 3.12 bits per heavy atom. The molecule has 0 aliphatic heterocycles. The topological polar surface area (TPSA) is 55.7 Å². The van der Waals surface area contributed by atoms with Crippen molar-refractivity contribution >= 4 is 12.2 Å². The van der Waals surface area contributed by atoms with Crippen molar-refractivity contribution in [2.45, 2.75) is 13.0 Å². The highest BCUT2D eigenvalue weighted by Crippen LogP contribution is 2.06. The molecule has 0 saturated carbocycles. The third-order valence-electron chi connectivity index (χ3n) is 2.44. The molecule has 0 aromatic carbocycles. The number of pyridine rings is 1. The van der Waals surface area contributed by atoms with Crippen molar-refractivity contribution in [2.24, 2.45) is 0 Å². The van der Waals surface area contributed by atoms with E-state index >= 15 is 0 Å². The number of aromatic nitrogens is 4. The summed E-state index contributed by atoms with van der Waals surface area (Å²) in [5.41, 5.74) is 1.11. The molecule has 2 aromatic heterocycles. The number of H-pyrrole nitrogens is 1. The average molecular weight is 250 g/mol. The van der Waals surface area contributed by atoms with Gasteiger partial charge in [0.1, 0.15) is 5.82 Å². The van der Waals surface area contributed by atoms with Crippen LogP contribution in [0.4, 0.5) is 0 Å². The minimum atomic E-state index is 0.619. The summed E-state index contributed by atoms with van der Waals surface area (Å²) in [4.78, 5) is 4.08. The summed E-state index contributed by atoms with van der Waals surface area (Å²) in [5, 5.41) is 7.03. The summed E-state index contributed by atoms with van der Waals surface area (Å²) in [7, 11) is 1.67. The van der Waals surface area contributed by atoms with Gasteiger partial charge in [0.25, 0.3) is 0 Å². The summed E-state index contributed by atoms with van der Waals surface area (Å²) in [5.74, 6) is 0.903. The first kappa shape index (κ1) is 11.9. The third-order valence-corrected chi connectivity index (χ3v) is 2.75. The van der Waals surface area contributed by atoms with Crippen molar-refractivity contribution in [1.82, 2.24) is 19.7 Å². The summed E-state index contributed by atoms with van der Waals surface area (Å²) < 4.78 is 7.63. The average Bonchev–Trinajstić information content (AvgIpc) is 2.69. The molecule has 17 heavy (non-hydrogen) atoms. The van der Waals surface area contributed by atoms with Crippen LogP contribution in [0.2, 0.25) is 0 Å². The lowest BCUT2D eigenvalue weighted by Gasteiger charge is -2.05. The predicted octanol–water partition coefficient (Wildman–Crippen LogP) is 1.57. The van der Waals surface area contributed by atoms with E-state index in [2.05, 4.69) is 15.2 Å². The number of methoxy groups -OCH3 is 1. The highest BCUT2D eigenvalue weighted by atomic mass is 32.1. The van der Waals surface area contributed by atoms with Crippen molar-refractivity contribution in [3.8, 4) is 0 Å². The molecule has 0 fully saturated rings. The highest BCUT2D eigenvalue weighted by molar-refractivity contribution is 7.71. The van der Waals surface area contributed by atoms with Crippen LogP contribution in [0.15, 0.2) is 24.5 Å². The van der Waals surface area contributed by atoms with Gasteiger partial charge in [-0.25, -0.2) is 0 Å². The number of nitrogens with zero attached hydrogens (tertiary/aromatic N) is 3. The van der Waals surface area contributed by atoms with E-state index in [4.69, 9.17) is 17.0 Å². The van der Waals surface area contributed by atoms with Crippen LogP contribution in [-0.4, -0.2) is 33.5 Å². The maximum atomic E-state index is 5.18. The van der Waals surface area contributed by atoms with Crippen LogP contribution in [0.1, 0.15) is 11.4 Å². The molecule has 90 valence electrons. The van der Waals surface area contributed by atoms with Gasteiger partial charge in [-0.2, -0.15) is 5.10 Å².